The molecule has 98 valence electrons. The maximum atomic E-state index is 12.7. The molecule has 0 bridgehead atoms. The van der Waals surface area contributed by atoms with E-state index in [2.05, 4.69) is 10.6 Å². The van der Waals surface area contributed by atoms with Crippen LogP contribution in [0.25, 0.3) is 0 Å². The van der Waals surface area contributed by atoms with Gasteiger partial charge in [-0.25, -0.2) is 4.39 Å². The van der Waals surface area contributed by atoms with Gasteiger partial charge in [0, 0.05) is 12.0 Å². The minimum atomic E-state index is -0.751. The number of nitrogens with one attached hydrogen (secondary N) is 2. The molecule has 1 rings (SSSR count). The first-order valence-electron chi connectivity index (χ1n) is 5.58. The van der Waals surface area contributed by atoms with Crippen LogP contribution in [0.1, 0.15) is 26.7 Å². The van der Waals surface area contributed by atoms with Gasteiger partial charge < -0.3 is 5.32 Å². The number of imide groups is 1. The topological polar surface area (TPSA) is 75.3 Å². The molecule has 0 radical (unpaired) electrons. The van der Waals surface area contributed by atoms with Gasteiger partial charge in [-0.2, -0.15) is 0 Å². The van der Waals surface area contributed by atoms with Crippen molar-refractivity contribution < 1.29 is 18.8 Å². The monoisotopic (exact) mass is 254 g/mol. The van der Waals surface area contributed by atoms with E-state index >= 15 is 0 Å². The molecule has 18 heavy (non-hydrogen) atoms. The molecule has 1 atom stereocenters. The number of piperidine rings is 1. The summed E-state index contributed by atoms with van der Waals surface area (Å²) in [6.45, 7) is 2.82. The normalized spacial score (nSPS) is 21.6. The van der Waals surface area contributed by atoms with Crippen molar-refractivity contribution in [3.8, 4) is 0 Å². The van der Waals surface area contributed by atoms with E-state index in [1.807, 2.05) is 0 Å². The van der Waals surface area contributed by atoms with E-state index in [0.717, 1.165) is 6.08 Å². The Kier molecular flexibility index (Phi) is 4.76. The van der Waals surface area contributed by atoms with Crippen molar-refractivity contribution in [2.75, 3.05) is 0 Å². The first kappa shape index (κ1) is 14.1. The smallest absolute Gasteiger partial charge is 0.251 e. The van der Waals surface area contributed by atoms with Gasteiger partial charge in [0.05, 0.1) is 5.83 Å². The third-order valence-corrected chi connectivity index (χ3v) is 2.47. The van der Waals surface area contributed by atoms with Gasteiger partial charge in [0.15, 0.2) is 0 Å². The van der Waals surface area contributed by atoms with Gasteiger partial charge in [0.25, 0.3) is 5.91 Å². The maximum absolute atomic E-state index is 12.7. The van der Waals surface area contributed by atoms with E-state index in [9.17, 15) is 18.8 Å². The van der Waals surface area contributed by atoms with Crippen LogP contribution >= 0.6 is 0 Å². The number of hydrogen-bond acceptors (Lipinski definition) is 3. The molecule has 0 aromatic heterocycles. The zero-order valence-electron chi connectivity index (χ0n) is 10.2. The lowest BCUT2D eigenvalue weighted by atomic mass is 10.1. The molecule has 5 nitrogen and oxygen atoms in total. The van der Waals surface area contributed by atoms with E-state index in [1.165, 1.54) is 13.0 Å². The van der Waals surface area contributed by atoms with Gasteiger partial charge in [-0.15, -0.1) is 0 Å². The summed E-state index contributed by atoms with van der Waals surface area (Å²) in [5.74, 6) is -1.92. The number of carbonyl (C=O) groups is 3. The molecule has 1 heterocycles. The van der Waals surface area contributed by atoms with Crippen LogP contribution in [0, 0.1) is 0 Å². The molecule has 0 aromatic carbocycles. The Balaban J connectivity index is 2.67. The van der Waals surface area contributed by atoms with E-state index in [0.29, 0.717) is 0 Å². The summed E-state index contributed by atoms with van der Waals surface area (Å²) < 4.78 is 12.7. The summed E-state index contributed by atoms with van der Waals surface area (Å²) in [7, 11) is 0. The van der Waals surface area contributed by atoms with Crippen molar-refractivity contribution in [1.29, 1.82) is 0 Å². The van der Waals surface area contributed by atoms with E-state index in [-0.39, 0.29) is 24.3 Å². The molecule has 1 aliphatic rings. The van der Waals surface area contributed by atoms with Crippen LogP contribution < -0.4 is 10.6 Å². The molecule has 1 unspecified atom stereocenters. The van der Waals surface area contributed by atoms with Gasteiger partial charge in [-0.1, -0.05) is 6.08 Å². The quantitative estimate of drug-likeness (QED) is 0.443. The summed E-state index contributed by atoms with van der Waals surface area (Å²) in [4.78, 5) is 34.1. The lowest BCUT2D eigenvalue weighted by Crippen LogP contribution is -2.52. The largest absolute Gasteiger partial charge is 0.340 e. The second-order valence-electron chi connectivity index (χ2n) is 3.95. The average Bonchev–Trinajstić information content (AvgIpc) is 2.29. The van der Waals surface area contributed by atoms with Crippen molar-refractivity contribution in [2.24, 2.45) is 0 Å². The number of allylic oxidation sites excluding steroid dienone is 2. The second-order valence-corrected chi connectivity index (χ2v) is 3.95. The van der Waals surface area contributed by atoms with E-state index < -0.39 is 23.7 Å². The molecule has 0 aliphatic carbocycles. The lowest BCUT2D eigenvalue weighted by molar-refractivity contribution is -0.136. The van der Waals surface area contributed by atoms with Crippen molar-refractivity contribution in [2.45, 2.75) is 32.7 Å². The van der Waals surface area contributed by atoms with Crippen molar-refractivity contribution in [3.05, 3.63) is 23.6 Å². The first-order valence-corrected chi connectivity index (χ1v) is 5.58. The third-order valence-electron chi connectivity index (χ3n) is 2.47. The molecular weight excluding hydrogens is 239 g/mol. The Morgan fingerprint density at radius 3 is 2.67 bits per heavy atom. The predicted octanol–water partition coefficient (Wildman–Crippen LogP) is 0.727. The lowest BCUT2D eigenvalue weighted by Gasteiger charge is -2.21. The zero-order chi connectivity index (χ0) is 13.7. The number of amides is 3. The minimum Gasteiger partial charge on any atom is -0.340 e. The third kappa shape index (κ3) is 3.80. The van der Waals surface area contributed by atoms with Crippen LogP contribution in [0.2, 0.25) is 0 Å². The Morgan fingerprint density at radius 1 is 1.50 bits per heavy atom. The van der Waals surface area contributed by atoms with Gasteiger partial charge in [0.1, 0.15) is 6.04 Å². The molecule has 0 spiro atoms. The van der Waals surface area contributed by atoms with Crippen LogP contribution in [0.15, 0.2) is 23.6 Å². The Bertz CT molecular complexity index is 437. The first-order chi connectivity index (χ1) is 8.43. The molecule has 0 aromatic rings. The zero-order valence-corrected chi connectivity index (χ0v) is 10.2. The molecule has 0 saturated carbocycles. The summed E-state index contributed by atoms with van der Waals surface area (Å²) in [6.07, 6.45) is 2.97. The van der Waals surface area contributed by atoms with Gasteiger partial charge in [0.2, 0.25) is 11.8 Å². The van der Waals surface area contributed by atoms with Gasteiger partial charge >= 0.3 is 0 Å². The highest BCUT2D eigenvalue weighted by Gasteiger charge is 2.28. The maximum Gasteiger partial charge on any atom is 0.251 e. The highest BCUT2D eigenvalue weighted by molar-refractivity contribution is 6.04. The number of hydrogen-bond donors (Lipinski definition) is 2. The van der Waals surface area contributed by atoms with Crippen molar-refractivity contribution in [1.82, 2.24) is 10.6 Å². The molecular formula is C12H15FN2O3. The van der Waals surface area contributed by atoms with E-state index in [4.69, 9.17) is 0 Å². The Labute approximate surface area is 104 Å². The van der Waals surface area contributed by atoms with Crippen molar-refractivity contribution >= 4 is 17.7 Å². The molecule has 2 N–H and O–H groups in total. The van der Waals surface area contributed by atoms with E-state index in [1.54, 1.807) is 6.92 Å². The number of halogens is 1. The summed E-state index contributed by atoms with van der Waals surface area (Å²) in [5, 5.41) is 4.59. The van der Waals surface area contributed by atoms with Crippen LogP contribution in [0.3, 0.4) is 0 Å². The molecule has 3 amide bonds. The average molecular weight is 254 g/mol. The fourth-order valence-corrected chi connectivity index (χ4v) is 1.57. The Hall–Kier alpha value is -1.98. The van der Waals surface area contributed by atoms with Crippen LogP contribution in [0.4, 0.5) is 4.39 Å². The van der Waals surface area contributed by atoms with Crippen LogP contribution in [0.5, 0.6) is 0 Å². The summed E-state index contributed by atoms with van der Waals surface area (Å²) >= 11 is 0. The fourth-order valence-electron chi connectivity index (χ4n) is 1.57. The molecule has 1 saturated heterocycles. The van der Waals surface area contributed by atoms with Crippen molar-refractivity contribution in [3.63, 3.8) is 0 Å². The highest BCUT2D eigenvalue weighted by atomic mass is 19.1. The summed E-state index contributed by atoms with van der Waals surface area (Å²) in [5.41, 5.74) is 0.139. The number of carbonyl (C=O) groups excluding carboxylic acids is 3. The Morgan fingerprint density at radius 2 is 2.17 bits per heavy atom. The molecule has 6 heteroatoms. The predicted molar refractivity (Wildman–Crippen MR) is 62.9 cm³/mol. The highest BCUT2D eigenvalue weighted by Crippen LogP contribution is 2.08. The molecule has 1 aliphatic heterocycles. The van der Waals surface area contributed by atoms with Gasteiger partial charge in [-0.3, -0.25) is 19.7 Å². The van der Waals surface area contributed by atoms with Gasteiger partial charge in [-0.05, 0) is 26.3 Å². The standard InChI is InChI=1S/C12H15FN2O3/c1-3-8(6-7(2)13)11(17)14-9-4-5-10(16)15-12(9)18/h3,6,9H,4-5H2,1-2H3,(H,14,17)(H,15,16,18)/b7-6?,8-3+. The van der Waals surface area contributed by atoms with Crippen LogP contribution in [-0.4, -0.2) is 23.8 Å². The van der Waals surface area contributed by atoms with Crippen LogP contribution in [-0.2, 0) is 14.4 Å². The number of rotatable bonds is 3. The molecule has 1 fully saturated rings. The second kappa shape index (κ2) is 6.09. The minimum absolute atomic E-state index is 0.139. The summed E-state index contributed by atoms with van der Waals surface area (Å²) in [6, 6.07) is -0.751. The fraction of sp³-hybridized carbons (Fsp3) is 0.417. The SMILES string of the molecule is C/C=C(\C=C(C)F)C(=O)NC1CCC(=O)NC1=O.